The third-order valence-electron chi connectivity index (χ3n) is 4.33. The molecule has 122 valence electrons. The van der Waals surface area contributed by atoms with E-state index in [-0.39, 0.29) is 12.0 Å². The highest BCUT2D eigenvalue weighted by molar-refractivity contribution is 8.00. The van der Waals surface area contributed by atoms with Crippen molar-refractivity contribution in [3.63, 3.8) is 0 Å². The van der Waals surface area contributed by atoms with Crippen molar-refractivity contribution in [1.29, 1.82) is 0 Å². The molecule has 1 N–H and O–H groups in total. The molecule has 0 bridgehead atoms. The standard InChI is InChI=1S/C16H25N3O2S/c20-16(12-22-15-6-1-2-7-15)18-13-9-17-19(10-13)11-14-5-3-4-8-21-14/h9-10,14-15H,1-8,11-12H2,(H,18,20)/t14-/m0/s1. The van der Waals surface area contributed by atoms with Crippen LogP contribution in [0.1, 0.15) is 44.9 Å². The minimum Gasteiger partial charge on any atom is -0.376 e. The van der Waals surface area contributed by atoms with Gasteiger partial charge < -0.3 is 10.1 Å². The zero-order chi connectivity index (χ0) is 15.2. The van der Waals surface area contributed by atoms with Crippen LogP contribution in [0.2, 0.25) is 0 Å². The molecule has 1 saturated heterocycles. The summed E-state index contributed by atoms with van der Waals surface area (Å²) in [6.45, 7) is 1.63. The number of hydrogen-bond acceptors (Lipinski definition) is 4. The van der Waals surface area contributed by atoms with Gasteiger partial charge in [-0.1, -0.05) is 12.8 Å². The molecule has 3 rings (SSSR count). The number of amides is 1. The van der Waals surface area contributed by atoms with Crippen molar-refractivity contribution in [3.8, 4) is 0 Å². The van der Waals surface area contributed by atoms with Gasteiger partial charge in [-0.15, -0.1) is 11.8 Å². The molecule has 6 heteroatoms. The lowest BCUT2D eigenvalue weighted by Crippen LogP contribution is -2.24. The summed E-state index contributed by atoms with van der Waals surface area (Å²) < 4.78 is 7.59. The molecule has 2 fully saturated rings. The molecule has 22 heavy (non-hydrogen) atoms. The van der Waals surface area contributed by atoms with E-state index in [0.29, 0.717) is 11.0 Å². The molecule has 0 spiro atoms. The van der Waals surface area contributed by atoms with Crippen molar-refractivity contribution >= 4 is 23.4 Å². The Morgan fingerprint density at radius 3 is 2.91 bits per heavy atom. The molecule has 0 radical (unpaired) electrons. The second-order valence-electron chi connectivity index (χ2n) is 6.21. The number of hydrogen-bond donors (Lipinski definition) is 1. The van der Waals surface area contributed by atoms with Crippen molar-refractivity contribution in [2.24, 2.45) is 0 Å². The summed E-state index contributed by atoms with van der Waals surface area (Å²) in [4.78, 5) is 12.0. The molecule has 1 aromatic rings. The zero-order valence-corrected chi connectivity index (χ0v) is 13.8. The third-order valence-corrected chi connectivity index (χ3v) is 5.71. The fourth-order valence-electron chi connectivity index (χ4n) is 3.13. The lowest BCUT2D eigenvalue weighted by Gasteiger charge is -2.22. The average Bonchev–Trinajstić information content (AvgIpc) is 3.18. The fourth-order valence-corrected chi connectivity index (χ4v) is 4.26. The largest absolute Gasteiger partial charge is 0.376 e. The fraction of sp³-hybridized carbons (Fsp3) is 0.750. The Balaban J connectivity index is 1.41. The van der Waals surface area contributed by atoms with Crippen molar-refractivity contribution in [2.45, 2.75) is 62.8 Å². The Morgan fingerprint density at radius 1 is 1.32 bits per heavy atom. The molecular formula is C16H25N3O2S. The topological polar surface area (TPSA) is 56.2 Å². The van der Waals surface area contributed by atoms with E-state index in [1.807, 2.05) is 10.9 Å². The second-order valence-corrected chi connectivity index (χ2v) is 7.49. The van der Waals surface area contributed by atoms with Gasteiger partial charge in [0.05, 0.1) is 30.3 Å². The minimum absolute atomic E-state index is 0.0744. The molecule has 1 aliphatic carbocycles. The minimum atomic E-state index is 0.0744. The number of thioether (sulfide) groups is 1. The maximum Gasteiger partial charge on any atom is 0.234 e. The van der Waals surface area contributed by atoms with E-state index in [2.05, 4.69) is 10.4 Å². The Labute approximate surface area is 136 Å². The number of rotatable bonds is 6. The van der Waals surface area contributed by atoms with Crippen LogP contribution in [0.5, 0.6) is 0 Å². The van der Waals surface area contributed by atoms with Gasteiger partial charge >= 0.3 is 0 Å². The Kier molecular flexibility index (Phi) is 5.78. The van der Waals surface area contributed by atoms with Crippen LogP contribution < -0.4 is 5.32 Å². The molecule has 1 amide bonds. The van der Waals surface area contributed by atoms with E-state index in [4.69, 9.17) is 4.74 Å². The molecule has 2 heterocycles. The number of carbonyl (C=O) groups is 1. The highest BCUT2D eigenvalue weighted by atomic mass is 32.2. The van der Waals surface area contributed by atoms with Gasteiger partial charge in [-0.25, -0.2) is 0 Å². The van der Waals surface area contributed by atoms with Gasteiger partial charge in [0.15, 0.2) is 0 Å². The molecule has 1 aromatic heterocycles. The molecule has 0 aromatic carbocycles. The van der Waals surface area contributed by atoms with Gasteiger partial charge in [-0.3, -0.25) is 9.48 Å². The maximum atomic E-state index is 12.0. The Hall–Kier alpha value is -1.01. The normalized spacial score (nSPS) is 22.8. The predicted octanol–water partition coefficient (Wildman–Crippen LogP) is 3.07. The first kappa shape index (κ1) is 15.9. The van der Waals surface area contributed by atoms with Crippen LogP contribution in [0.25, 0.3) is 0 Å². The number of anilines is 1. The Bertz CT molecular complexity index is 479. The van der Waals surface area contributed by atoms with Crippen LogP contribution in [0.15, 0.2) is 12.4 Å². The summed E-state index contributed by atoms with van der Waals surface area (Å²) >= 11 is 1.79. The monoisotopic (exact) mass is 323 g/mol. The number of aromatic nitrogens is 2. The van der Waals surface area contributed by atoms with E-state index >= 15 is 0 Å². The molecular weight excluding hydrogens is 298 g/mol. The maximum absolute atomic E-state index is 12.0. The van der Waals surface area contributed by atoms with Crippen LogP contribution in [0.4, 0.5) is 5.69 Å². The van der Waals surface area contributed by atoms with Crippen molar-refractivity contribution in [2.75, 3.05) is 17.7 Å². The van der Waals surface area contributed by atoms with Crippen LogP contribution in [0, 0.1) is 0 Å². The smallest absolute Gasteiger partial charge is 0.234 e. The number of carbonyl (C=O) groups excluding carboxylic acids is 1. The molecule has 2 aliphatic rings. The first-order valence-corrected chi connectivity index (χ1v) is 9.40. The number of nitrogens with one attached hydrogen (secondary N) is 1. The number of ether oxygens (including phenoxy) is 1. The highest BCUT2D eigenvalue weighted by Gasteiger charge is 2.17. The van der Waals surface area contributed by atoms with Crippen LogP contribution >= 0.6 is 11.8 Å². The SMILES string of the molecule is O=C(CSC1CCCC1)Nc1cnn(C[C@@H]2CCCCO2)c1. The quantitative estimate of drug-likeness (QED) is 0.874. The first-order valence-electron chi connectivity index (χ1n) is 8.35. The van der Waals surface area contributed by atoms with Crippen LogP contribution in [-0.2, 0) is 16.1 Å². The third kappa shape index (κ3) is 4.74. The van der Waals surface area contributed by atoms with E-state index in [0.717, 1.165) is 31.7 Å². The summed E-state index contributed by atoms with van der Waals surface area (Å²) in [5, 5.41) is 7.93. The van der Waals surface area contributed by atoms with Crippen molar-refractivity contribution < 1.29 is 9.53 Å². The summed E-state index contributed by atoms with van der Waals surface area (Å²) in [5.41, 5.74) is 0.785. The van der Waals surface area contributed by atoms with Crippen LogP contribution in [0.3, 0.4) is 0 Å². The summed E-state index contributed by atoms with van der Waals surface area (Å²) in [6.07, 6.45) is 12.5. The van der Waals surface area contributed by atoms with E-state index in [1.54, 1.807) is 18.0 Å². The van der Waals surface area contributed by atoms with Gasteiger partial charge in [0, 0.05) is 18.1 Å². The zero-order valence-electron chi connectivity index (χ0n) is 13.0. The van der Waals surface area contributed by atoms with Crippen LogP contribution in [-0.4, -0.2) is 39.4 Å². The lowest BCUT2D eigenvalue weighted by molar-refractivity contribution is -0.113. The first-order chi connectivity index (χ1) is 10.8. The lowest BCUT2D eigenvalue weighted by atomic mass is 10.1. The van der Waals surface area contributed by atoms with E-state index in [1.165, 1.54) is 32.1 Å². The summed E-state index contributed by atoms with van der Waals surface area (Å²) in [5.74, 6) is 0.618. The molecule has 5 nitrogen and oxygen atoms in total. The number of nitrogens with zero attached hydrogens (tertiary/aromatic N) is 2. The molecule has 1 aliphatic heterocycles. The Morgan fingerprint density at radius 2 is 2.14 bits per heavy atom. The molecule has 1 saturated carbocycles. The van der Waals surface area contributed by atoms with E-state index < -0.39 is 0 Å². The predicted molar refractivity (Wildman–Crippen MR) is 89.2 cm³/mol. The van der Waals surface area contributed by atoms with Crippen molar-refractivity contribution in [3.05, 3.63) is 12.4 Å². The summed E-state index contributed by atoms with van der Waals surface area (Å²) in [6, 6.07) is 0. The average molecular weight is 323 g/mol. The van der Waals surface area contributed by atoms with E-state index in [9.17, 15) is 4.79 Å². The molecule has 0 unspecified atom stereocenters. The van der Waals surface area contributed by atoms with Gasteiger partial charge in [0.1, 0.15) is 0 Å². The molecule has 1 atom stereocenters. The van der Waals surface area contributed by atoms with Gasteiger partial charge in [0.2, 0.25) is 5.91 Å². The van der Waals surface area contributed by atoms with Gasteiger partial charge in [-0.2, -0.15) is 5.10 Å². The van der Waals surface area contributed by atoms with Gasteiger partial charge in [0.25, 0.3) is 0 Å². The van der Waals surface area contributed by atoms with Gasteiger partial charge in [-0.05, 0) is 32.1 Å². The highest BCUT2D eigenvalue weighted by Crippen LogP contribution is 2.29. The second kappa shape index (κ2) is 8.02. The summed E-state index contributed by atoms with van der Waals surface area (Å²) in [7, 11) is 0. The van der Waals surface area contributed by atoms with Crippen molar-refractivity contribution in [1.82, 2.24) is 9.78 Å².